The molecule has 0 aliphatic heterocycles. The lowest BCUT2D eigenvalue weighted by atomic mass is 10.2. The van der Waals surface area contributed by atoms with Crippen molar-refractivity contribution in [2.45, 2.75) is 6.92 Å². The lowest BCUT2D eigenvalue weighted by Crippen LogP contribution is -2.12. The second-order valence-corrected chi connectivity index (χ2v) is 5.46. The average molecular weight is 320 g/mol. The molecule has 1 amide bonds. The summed E-state index contributed by atoms with van der Waals surface area (Å²) >= 11 is 11.8. The van der Waals surface area contributed by atoms with Crippen molar-refractivity contribution in [3.63, 3.8) is 0 Å². The number of nitrogens with zero attached hydrogens (tertiary/aromatic N) is 2. The highest BCUT2D eigenvalue weighted by atomic mass is 35.5. The summed E-state index contributed by atoms with van der Waals surface area (Å²) in [7, 11) is 0. The van der Waals surface area contributed by atoms with Crippen LogP contribution in [0.25, 0.3) is 5.65 Å². The molecule has 0 fully saturated rings. The predicted octanol–water partition coefficient (Wildman–Crippen LogP) is 4.20. The smallest absolute Gasteiger partial charge is 0.257 e. The van der Waals surface area contributed by atoms with Crippen molar-refractivity contribution in [2.24, 2.45) is 0 Å². The van der Waals surface area contributed by atoms with Gasteiger partial charge in [0.1, 0.15) is 5.65 Å². The quantitative estimate of drug-likeness (QED) is 0.769. The monoisotopic (exact) mass is 319 g/mol. The van der Waals surface area contributed by atoms with Gasteiger partial charge in [-0.25, -0.2) is 4.98 Å². The van der Waals surface area contributed by atoms with Crippen molar-refractivity contribution >= 4 is 40.4 Å². The Morgan fingerprint density at radius 3 is 2.71 bits per heavy atom. The Hall–Kier alpha value is -2.04. The first-order valence-electron chi connectivity index (χ1n) is 6.25. The molecule has 0 atom stereocenters. The standard InChI is InChI=1S/C15H11Cl2N3O/c1-9-7-20-8-10(2-5-14(20)18-9)15(21)19-11-3-4-12(16)13(17)6-11/h2-8H,1H3,(H,19,21). The molecule has 2 aromatic heterocycles. The molecule has 0 saturated heterocycles. The Morgan fingerprint density at radius 1 is 1.14 bits per heavy atom. The van der Waals surface area contributed by atoms with E-state index in [0.717, 1.165) is 11.3 Å². The molecule has 3 rings (SSSR count). The molecule has 3 aromatic rings. The van der Waals surface area contributed by atoms with E-state index in [1.165, 1.54) is 0 Å². The van der Waals surface area contributed by atoms with Gasteiger partial charge in [0, 0.05) is 18.1 Å². The van der Waals surface area contributed by atoms with Gasteiger partial charge in [0.15, 0.2) is 0 Å². The Labute approximate surface area is 131 Å². The number of imidazole rings is 1. The van der Waals surface area contributed by atoms with Gasteiger partial charge in [-0.3, -0.25) is 4.79 Å². The van der Waals surface area contributed by atoms with Gasteiger partial charge in [-0.15, -0.1) is 0 Å². The number of hydrogen-bond acceptors (Lipinski definition) is 2. The third-order valence-corrected chi connectivity index (χ3v) is 3.75. The number of carbonyl (C=O) groups is 1. The van der Waals surface area contributed by atoms with Crippen LogP contribution in [0.2, 0.25) is 10.0 Å². The van der Waals surface area contributed by atoms with Gasteiger partial charge in [0.2, 0.25) is 0 Å². The third kappa shape index (κ3) is 2.86. The largest absolute Gasteiger partial charge is 0.322 e. The van der Waals surface area contributed by atoms with E-state index in [9.17, 15) is 4.79 Å². The fourth-order valence-electron chi connectivity index (χ4n) is 2.03. The molecule has 0 aliphatic rings. The average Bonchev–Trinajstić information content (AvgIpc) is 2.82. The summed E-state index contributed by atoms with van der Waals surface area (Å²) in [6.45, 7) is 1.91. The topological polar surface area (TPSA) is 46.4 Å². The number of nitrogens with one attached hydrogen (secondary N) is 1. The zero-order valence-electron chi connectivity index (χ0n) is 11.1. The number of aromatic nitrogens is 2. The molecule has 4 nitrogen and oxygen atoms in total. The van der Waals surface area contributed by atoms with Crippen LogP contribution in [0.4, 0.5) is 5.69 Å². The number of rotatable bonds is 2. The van der Waals surface area contributed by atoms with E-state index in [4.69, 9.17) is 23.2 Å². The number of aryl methyl sites for hydroxylation is 1. The first-order valence-corrected chi connectivity index (χ1v) is 7.00. The normalized spacial score (nSPS) is 10.8. The van der Waals surface area contributed by atoms with Gasteiger partial charge in [-0.05, 0) is 37.3 Å². The van der Waals surface area contributed by atoms with Crippen molar-refractivity contribution < 1.29 is 4.79 Å². The number of fused-ring (bicyclic) bond motifs is 1. The minimum absolute atomic E-state index is 0.221. The molecule has 0 aliphatic carbocycles. The van der Waals surface area contributed by atoms with Gasteiger partial charge in [0.25, 0.3) is 5.91 Å². The van der Waals surface area contributed by atoms with Crippen molar-refractivity contribution in [1.82, 2.24) is 9.38 Å². The van der Waals surface area contributed by atoms with E-state index in [-0.39, 0.29) is 5.91 Å². The van der Waals surface area contributed by atoms with Crippen LogP contribution < -0.4 is 5.32 Å². The maximum atomic E-state index is 12.2. The Balaban J connectivity index is 1.87. The van der Waals surface area contributed by atoms with E-state index < -0.39 is 0 Å². The van der Waals surface area contributed by atoms with Gasteiger partial charge < -0.3 is 9.72 Å². The maximum Gasteiger partial charge on any atom is 0.257 e. The van der Waals surface area contributed by atoms with Crippen LogP contribution in [0.1, 0.15) is 16.1 Å². The van der Waals surface area contributed by atoms with Crippen LogP contribution in [0.15, 0.2) is 42.7 Å². The second-order valence-electron chi connectivity index (χ2n) is 4.65. The maximum absolute atomic E-state index is 12.2. The second kappa shape index (κ2) is 5.39. The molecule has 1 aromatic carbocycles. The predicted molar refractivity (Wildman–Crippen MR) is 84.3 cm³/mol. The fourth-order valence-corrected chi connectivity index (χ4v) is 2.33. The number of anilines is 1. The summed E-state index contributed by atoms with van der Waals surface area (Å²) in [6.07, 6.45) is 3.60. The summed E-state index contributed by atoms with van der Waals surface area (Å²) in [6, 6.07) is 8.49. The summed E-state index contributed by atoms with van der Waals surface area (Å²) < 4.78 is 1.82. The van der Waals surface area contributed by atoms with Crippen molar-refractivity contribution in [3.05, 3.63) is 64.0 Å². The van der Waals surface area contributed by atoms with Gasteiger partial charge in [0.05, 0.1) is 21.3 Å². The molecule has 0 saturated carbocycles. The number of pyridine rings is 1. The van der Waals surface area contributed by atoms with Crippen LogP contribution in [0, 0.1) is 6.92 Å². The van der Waals surface area contributed by atoms with Crippen molar-refractivity contribution in [2.75, 3.05) is 5.32 Å². The number of amides is 1. The van der Waals surface area contributed by atoms with Crippen molar-refractivity contribution in [3.8, 4) is 0 Å². The number of halogens is 2. The Kier molecular flexibility index (Phi) is 3.57. The van der Waals surface area contributed by atoms with Crippen LogP contribution >= 0.6 is 23.2 Å². The van der Waals surface area contributed by atoms with Gasteiger partial charge in [-0.1, -0.05) is 23.2 Å². The highest BCUT2D eigenvalue weighted by Gasteiger charge is 2.09. The van der Waals surface area contributed by atoms with E-state index in [2.05, 4.69) is 10.3 Å². The molecular weight excluding hydrogens is 309 g/mol. The first kappa shape index (κ1) is 13.9. The SMILES string of the molecule is Cc1cn2cc(C(=O)Nc3ccc(Cl)c(Cl)c3)ccc2n1. The summed E-state index contributed by atoms with van der Waals surface area (Å²) in [5.74, 6) is -0.221. The van der Waals surface area contributed by atoms with Crippen LogP contribution in [-0.4, -0.2) is 15.3 Å². The highest BCUT2D eigenvalue weighted by molar-refractivity contribution is 6.42. The molecule has 2 heterocycles. The number of hydrogen-bond donors (Lipinski definition) is 1. The lowest BCUT2D eigenvalue weighted by molar-refractivity contribution is 0.102. The zero-order chi connectivity index (χ0) is 15.0. The Morgan fingerprint density at radius 2 is 1.95 bits per heavy atom. The van der Waals surface area contributed by atoms with Crippen LogP contribution in [-0.2, 0) is 0 Å². The minimum atomic E-state index is -0.221. The molecule has 0 unspecified atom stereocenters. The molecular formula is C15H11Cl2N3O. The molecule has 21 heavy (non-hydrogen) atoms. The van der Waals surface area contributed by atoms with Crippen LogP contribution in [0.5, 0.6) is 0 Å². The zero-order valence-corrected chi connectivity index (χ0v) is 12.6. The minimum Gasteiger partial charge on any atom is -0.322 e. The summed E-state index contributed by atoms with van der Waals surface area (Å²) in [5, 5.41) is 3.63. The lowest BCUT2D eigenvalue weighted by Gasteiger charge is -2.06. The van der Waals surface area contributed by atoms with Gasteiger partial charge in [-0.2, -0.15) is 0 Å². The molecule has 0 spiro atoms. The molecule has 0 bridgehead atoms. The third-order valence-electron chi connectivity index (χ3n) is 3.01. The first-order chi connectivity index (χ1) is 10.0. The molecule has 6 heteroatoms. The Bertz CT molecular complexity index is 842. The van der Waals surface area contributed by atoms with Crippen molar-refractivity contribution in [1.29, 1.82) is 0 Å². The number of carbonyl (C=O) groups excluding carboxylic acids is 1. The number of benzene rings is 1. The van der Waals surface area contributed by atoms with Gasteiger partial charge >= 0.3 is 0 Å². The van der Waals surface area contributed by atoms with E-state index in [1.807, 2.05) is 17.5 Å². The highest BCUT2D eigenvalue weighted by Crippen LogP contribution is 2.25. The van der Waals surface area contributed by atoms with E-state index >= 15 is 0 Å². The van der Waals surface area contributed by atoms with E-state index in [1.54, 1.807) is 36.5 Å². The molecule has 106 valence electrons. The fraction of sp³-hybridized carbons (Fsp3) is 0.0667. The molecule has 1 N–H and O–H groups in total. The van der Waals surface area contributed by atoms with E-state index in [0.29, 0.717) is 21.3 Å². The molecule has 0 radical (unpaired) electrons. The van der Waals surface area contributed by atoms with Crippen LogP contribution in [0.3, 0.4) is 0 Å². The summed E-state index contributed by atoms with van der Waals surface area (Å²) in [4.78, 5) is 16.6. The summed E-state index contributed by atoms with van der Waals surface area (Å²) in [5.41, 5.74) is 2.83.